The van der Waals surface area contributed by atoms with Gasteiger partial charge in [0.1, 0.15) is 0 Å². The average Bonchev–Trinajstić information content (AvgIpc) is 2.41. The largest absolute Gasteiger partial charge is 0.398 e. The zero-order valence-corrected chi connectivity index (χ0v) is 14.0. The van der Waals surface area contributed by atoms with Crippen molar-refractivity contribution in [3.05, 3.63) is 23.8 Å². The van der Waals surface area contributed by atoms with E-state index >= 15 is 0 Å². The molecule has 0 bridgehead atoms. The topological polar surface area (TPSA) is 72.2 Å². The van der Waals surface area contributed by atoms with Gasteiger partial charge in [-0.2, -0.15) is 0 Å². The standard InChI is InChI=1S/C16H26N2O2S/c1-4-12-5-6-14(11-15(12)17)21(19,20)18-13-7-9-16(2,3)10-8-13/h5-6,11,13,18H,4,7-10,17H2,1-3H3. The molecular formula is C16H26N2O2S. The van der Waals surface area contributed by atoms with E-state index in [0.717, 1.165) is 37.7 Å². The minimum Gasteiger partial charge on any atom is -0.398 e. The number of nitrogen functional groups attached to an aromatic ring is 1. The second-order valence-electron chi connectivity index (χ2n) is 6.77. The van der Waals surface area contributed by atoms with E-state index in [4.69, 9.17) is 5.73 Å². The Labute approximate surface area is 128 Å². The fourth-order valence-corrected chi connectivity index (χ4v) is 4.21. The van der Waals surface area contributed by atoms with E-state index in [1.807, 2.05) is 6.92 Å². The average molecular weight is 310 g/mol. The summed E-state index contributed by atoms with van der Waals surface area (Å²) in [7, 11) is -3.47. The van der Waals surface area contributed by atoms with E-state index in [2.05, 4.69) is 18.6 Å². The Morgan fingerprint density at radius 1 is 1.29 bits per heavy atom. The Morgan fingerprint density at radius 3 is 2.43 bits per heavy atom. The molecule has 0 radical (unpaired) electrons. The van der Waals surface area contributed by atoms with Crippen molar-refractivity contribution >= 4 is 15.7 Å². The third kappa shape index (κ3) is 3.98. The molecule has 1 fully saturated rings. The molecule has 21 heavy (non-hydrogen) atoms. The number of nitrogens with one attached hydrogen (secondary N) is 1. The molecule has 5 heteroatoms. The number of benzene rings is 1. The van der Waals surface area contributed by atoms with Crippen molar-refractivity contribution in [2.75, 3.05) is 5.73 Å². The van der Waals surface area contributed by atoms with Crippen LogP contribution >= 0.6 is 0 Å². The molecule has 0 unspecified atom stereocenters. The van der Waals surface area contributed by atoms with Crippen LogP contribution in [-0.2, 0) is 16.4 Å². The van der Waals surface area contributed by atoms with Gasteiger partial charge in [-0.25, -0.2) is 13.1 Å². The van der Waals surface area contributed by atoms with Gasteiger partial charge < -0.3 is 5.73 Å². The number of hydrogen-bond donors (Lipinski definition) is 2. The van der Waals surface area contributed by atoms with Crippen molar-refractivity contribution in [1.29, 1.82) is 0 Å². The van der Waals surface area contributed by atoms with Crippen molar-refractivity contribution < 1.29 is 8.42 Å². The van der Waals surface area contributed by atoms with Gasteiger partial charge in [0.05, 0.1) is 4.90 Å². The SMILES string of the molecule is CCc1ccc(S(=O)(=O)NC2CCC(C)(C)CC2)cc1N. The van der Waals surface area contributed by atoms with E-state index in [0.29, 0.717) is 11.1 Å². The summed E-state index contributed by atoms with van der Waals surface area (Å²) in [5.41, 5.74) is 7.76. The van der Waals surface area contributed by atoms with Gasteiger partial charge >= 0.3 is 0 Å². The maximum Gasteiger partial charge on any atom is 0.240 e. The van der Waals surface area contributed by atoms with Crippen molar-refractivity contribution in [2.24, 2.45) is 5.41 Å². The highest BCUT2D eigenvalue weighted by molar-refractivity contribution is 7.89. The fourth-order valence-electron chi connectivity index (χ4n) is 2.87. The Morgan fingerprint density at radius 2 is 1.90 bits per heavy atom. The van der Waals surface area contributed by atoms with Crippen molar-refractivity contribution in [1.82, 2.24) is 4.72 Å². The number of nitrogens with two attached hydrogens (primary N) is 1. The Hall–Kier alpha value is -1.07. The van der Waals surface area contributed by atoms with Crippen LogP contribution in [0.3, 0.4) is 0 Å². The van der Waals surface area contributed by atoms with Crippen LogP contribution in [0.4, 0.5) is 5.69 Å². The van der Waals surface area contributed by atoms with E-state index in [1.54, 1.807) is 18.2 Å². The first kappa shape index (κ1) is 16.3. The monoisotopic (exact) mass is 310 g/mol. The van der Waals surface area contributed by atoms with Gasteiger partial charge in [-0.1, -0.05) is 26.8 Å². The van der Waals surface area contributed by atoms with Crippen LogP contribution in [0.2, 0.25) is 0 Å². The molecule has 0 atom stereocenters. The van der Waals surface area contributed by atoms with Crippen LogP contribution < -0.4 is 10.5 Å². The Bertz CT molecular complexity index is 599. The van der Waals surface area contributed by atoms with E-state index in [9.17, 15) is 8.42 Å². The van der Waals surface area contributed by atoms with Crippen molar-refractivity contribution in [3.8, 4) is 0 Å². The van der Waals surface area contributed by atoms with Gasteiger partial charge in [0.2, 0.25) is 10.0 Å². The summed E-state index contributed by atoms with van der Waals surface area (Å²) < 4.78 is 27.7. The highest BCUT2D eigenvalue weighted by atomic mass is 32.2. The minimum absolute atomic E-state index is 0.0371. The van der Waals surface area contributed by atoms with Gasteiger partial charge in [0.15, 0.2) is 0 Å². The summed E-state index contributed by atoms with van der Waals surface area (Å²) in [6.07, 6.45) is 4.70. The number of anilines is 1. The first-order valence-corrected chi connectivity index (χ1v) is 9.12. The highest BCUT2D eigenvalue weighted by Crippen LogP contribution is 2.35. The summed E-state index contributed by atoms with van der Waals surface area (Å²) in [6, 6.07) is 5.04. The lowest BCUT2D eigenvalue weighted by Crippen LogP contribution is -2.39. The fraction of sp³-hybridized carbons (Fsp3) is 0.625. The highest BCUT2D eigenvalue weighted by Gasteiger charge is 2.29. The van der Waals surface area contributed by atoms with Crippen LogP contribution in [0.15, 0.2) is 23.1 Å². The molecule has 1 aliphatic carbocycles. The van der Waals surface area contributed by atoms with Crippen LogP contribution in [0, 0.1) is 5.41 Å². The molecule has 3 N–H and O–H groups in total. The van der Waals surface area contributed by atoms with Crippen molar-refractivity contribution in [3.63, 3.8) is 0 Å². The second-order valence-corrected chi connectivity index (χ2v) is 8.49. The number of aryl methyl sites for hydroxylation is 1. The maximum atomic E-state index is 12.4. The lowest BCUT2D eigenvalue weighted by Gasteiger charge is -2.34. The first-order chi connectivity index (χ1) is 9.73. The summed E-state index contributed by atoms with van der Waals surface area (Å²) in [4.78, 5) is 0.266. The summed E-state index contributed by atoms with van der Waals surface area (Å²) in [6.45, 7) is 6.48. The number of hydrogen-bond acceptors (Lipinski definition) is 3. The molecule has 0 aliphatic heterocycles. The molecule has 4 nitrogen and oxygen atoms in total. The summed E-state index contributed by atoms with van der Waals surface area (Å²) in [5.74, 6) is 0. The van der Waals surface area contributed by atoms with Crippen LogP contribution in [0.25, 0.3) is 0 Å². The Balaban J connectivity index is 2.10. The van der Waals surface area contributed by atoms with E-state index < -0.39 is 10.0 Å². The van der Waals surface area contributed by atoms with E-state index in [-0.39, 0.29) is 10.9 Å². The lowest BCUT2D eigenvalue weighted by atomic mass is 9.76. The molecule has 1 aromatic carbocycles. The molecule has 0 aromatic heterocycles. The molecule has 1 aromatic rings. The van der Waals surface area contributed by atoms with E-state index in [1.165, 1.54) is 0 Å². The van der Waals surface area contributed by atoms with Gasteiger partial charge in [0, 0.05) is 11.7 Å². The zero-order chi connectivity index (χ0) is 15.7. The number of rotatable bonds is 4. The van der Waals surface area contributed by atoms with Gasteiger partial charge in [-0.15, -0.1) is 0 Å². The quantitative estimate of drug-likeness (QED) is 0.839. The van der Waals surface area contributed by atoms with Crippen LogP contribution in [-0.4, -0.2) is 14.5 Å². The van der Waals surface area contributed by atoms with Crippen LogP contribution in [0.5, 0.6) is 0 Å². The lowest BCUT2D eigenvalue weighted by molar-refractivity contribution is 0.218. The molecular weight excluding hydrogens is 284 g/mol. The second kappa shape index (κ2) is 5.97. The normalized spacial score (nSPS) is 19.6. The predicted octanol–water partition coefficient (Wildman–Crippen LogP) is 3.08. The molecule has 1 saturated carbocycles. The summed E-state index contributed by atoms with van der Waals surface area (Å²) in [5, 5.41) is 0. The first-order valence-electron chi connectivity index (χ1n) is 7.64. The Kier molecular flexibility index (Phi) is 4.63. The molecule has 1 aliphatic rings. The summed E-state index contributed by atoms with van der Waals surface area (Å²) >= 11 is 0. The molecule has 2 rings (SSSR count). The maximum absolute atomic E-state index is 12.4. The zero-order valence-electron chi connectivity index (χ0n) is 13.1. The molecule has 118 valence electrons. The molecule has 0 heterocycles. The molecule has 0 saturated heterocycles. The molecule has 0 amide bonds. The van der Waals surface area contributed by atoms with Crippen LogP contribution in [0.1, 0.15) is 52.0 Å². The minimum atomic E-state index is -3.47. The third-order valence-electron chi connectivity index (χ3n) is 4.47. The predicted molar refractivity (Wildman–Crippen MR) is 86.6 cm³/mol. The molecule has 0 spiro atoms. The van der Waals surface area contributed by atoms with Crippen molar-refractivity contribution in [2.45, 2.75) is 63.8 Å². The van der Waals surface area contributed by atoms with Gasteiger partial charge in [0.25, 0.3) is 0 Å². The third-order valence-corrected chi connectivity index (χ3v) is 5.99. The van der Waals surface area contributed by atoms with Gasteiger partial charge in [-0.3, -0.25) is 0 Å². The number of sulfonamides is 1. The van der Waals surface area contributed by atoms with Gasteiger partial charge in [-0.05, 0) is 55.2 Å². The smallest absolute Gasteiger partial charge is 0.240 e.